The van der Waals surface area contributed by atoms with E-state index in [0.717, 1.165) is 12.7 Å². The van der Waals surface area contributed by atoms with E-state index in [-0.39, 0.29) is 12.5 Å². The number of rotatable bonds is 23. The van der Waals surface area contributed by atoms with Gasteiger partial charge in [0.1, 0.15) is 12.3 Å². The number of nitrogens with one attached hydrogen (secondary N) is 3. The zero-order valence-electron chi connectivity index (χ0n) is 20.8. The first-order valence-electron chi connectivity index (χ1n) is 11.7. The SMILES string of the molecule is COC(=O)NCCCCC(NC(=O)OC)C(=O)NCCOCCOCCOCCOCCCC=O. The Labute approximate surface area is 206 Å². The highest BCUT2D eigenvalue weighted by molar-refractivity contribution is 5.85. The van der Waals surface area contributed by atoms with Gasteiger partial charge in [-0.15, -0.1) is 0 Å². The first-order valence-corrected chi connectivity index (χ1v) is 11.7. The van der Waals surface area contributed by atoms with E-state index in [1.807, 2.05) is 0 Å². The van der Waals surface area contributed by atoms with Crippen LogP contribution in [-0.2, 0) is 38.0 Å². The van der Waals surface area contributed by atoms with E-state index in [0.29, 0.717) is 85.1 Å². The Bertz CT molecular complexity index is 566. The van der Waals surface area contributed by atoms with Crippen molar-refractivity contribution in [2.75, 3.05) is 80.2 Å². The monoisotopic (exact) mass is 507 g/mol. The molecule has 0 aromatic rings. The lowest BCUT2D eigenvalue weighted by Gasteiger charge is -2.18. The smallest absolute Gasteiger partial charge is 0.407 e. The molecule has 1 atom stereocenters. The molecule has 0 saturated carbocycles. The average Bonchev–Trinajstić information content (AvgIpc) is 2.86. The summed E-state index contributed by atoms with van der Waals surface area (Å²) in [5.41, 5.74) is 0. The molecule has 0 aliphatic rings. The van der Waals surface area contributed by atoms with Crippen LogP contribution in [0.15, 0.2) is 0 Å². The predicted molar refractivity (Wildman–Crippen MR) is 125 cm³/mol. The van der Waals surface area contributed by atoms with Crippen LogP contribution in [0.1, 0.15) is 32.1 Å². The molecule has 0 radical (unpaired) electrons. The Morgan fingerprint density at radius 1 is 0.686 bits per heavy atom. The van der Waals surface area contributed by atoms with Gasteiger partial charge >= 0.3 is 12.2 Å². The highest BCUT2D eigenvalue weighted by Crippen LogP contribution is 2.02. The van der Waals surface area contributed by atoms with Crippen molar-refractivity contribution in [3.8, 4) is 0 Å². The van der Waals surface area contributed by atoms with Crippen molar-refractivity contribution < 1.29 is 47.6 Å². The lowest BCUT2D eigenvalue weighted by atomic mass is 10.1. The number of ether oxygens (including phenoxy) is 6. The molecule has 0 heterocycles. The third kappa shape index (κ3) is 21.8. The van der Waals surface area contributed by atoms with Crippen LogP contribution in [0, 0.1) is 0 Å². The minimum atomic E-state index is -0.759. The van der Waals surface area contributed by atoms with Gasteiger partial charge < -0.3 is 49.2 Å². The van der Waals surface area contributed by atoms with Crippen LogP contribution in [-0.4, -0.2) is 111 Å². The van der Waals surface area contributed by atoms with E-state index in [2.05, 4.69) is 25.4 Å². The van der Waals surface area contributed by atoms with Crippen LogP contribution in [0.25, 0.3) is 0 Å². The van der Waals surface area contributed by atoms with Crippen molar-refractivity contribution in [2.24, 2.45) is 0 Å². The molecule has 0 rings (SSSR count). The summed E-state index contributed by atoms with van der Waals surface area (Å²) < 4.78 is 30.5. The molecule has 1 unspecified atom stereocenters. The van der Waals surface area contributed by atoms with Gasteiger partial charge in [-0.25, -0.2) is 9.59 Å². The van der Waals surface area contributed by atoms with Gasteiger partial charge in [-0.2, -0.15) is 0 Å². The van der Waals surface area contributed by atoms with Gasteiger partial charge in [0, 0.05) is 26.1 Å². The highest BCUT2D eigenvalue weighted by atomic mass is 16.6. The van der Waals surface area contributed by atoms with Crippen LogP contribution in [0.5, 0.6) is 0 Å². The summed E-state index contributed by atoms with van der Waals surface area (Å²) in [6.07, 6.45) is 2.48. The molecule has 0 bridgehead atoms. The summed E-state index contributed by atoms with van der Waals surface area (Å²) in [5.74, 6) is -0.346. The van der Waals surface area contributed by atoms with Crippen LogP contribution in [0.3, 0.4) is 0 Å². The van der Waals surface area contributed by atoms with E-state index >= 15 is 0 Å². The quantitative estimate of drug-likeness (QED) is 0.130. The Kier molecular flexibility index (Phi) is 22.9. The topological polar surface area (TPSA) is 160 Å². The summed E-state index contributed by atoms with van der Waals surface area (Å²) in [5, 5.41) is 7.77. The van der Waals surface area contributed by atoms with Crippen molar-refractivity contribution in [1.82, 2.24) is 16.0 Å². The second-order valence-corrected chi connectivity index (χ2v) is 7.15. The Balaban J connectivity index is 3.74. The predicted octanol–water partition coefficient (Wildman–Crippen LogP) is 0.399. The van der Waals surface area contributed by atoms with E-state index in [1.54, 1.807) is 0 Å². The Morgan fingerprint density at radius 2 is 1.26 bits per heavy atom. The van der Waals surface area contributed by atoms with Crippen molar-refractivity contribution in [3.05, 3.63) is 0 Å². The van der Waals surface area contributed by atoms with E-state index in [1.165, 1.54) is 14.2 Å². The third-order valence-electron chi connectivity index (χ3n) is 4.44. The lowest BCUT2D eigenvalue weighted by molar-refractivity contribution is -0.123. The molecular formula is C22H41N3O10. The number of hydrogen-bond donors (Lipinski definition) is 3. The fourth-order valence-electron chi connectivity index (χ4n) is 2.61. The minimum Gasteiger partial charge on any atom is -0.453 e. The maximum atomic E-state index is 12.4. The number of carbonyl (C=O) groups excluding carboxylic acids is 4. The summed E-state index contributed by atoms with van der Waals surface area (Å²) in [6.45, 7) is 4.11. The van der Waals surface area contributed by atoms with Gasteiger partial charge in [0.2, 0.25) is 5.91 Å². The van der Waals surface area contributed by atoms with Gasteiger partial charge in [0.05, 0.1) is 60.5 Å². The largest absolute Gasteiger partial charge is 0.453 e. The number of hydrogen-bond acceptors (Lipinski definition) is 10. The van der Waals surface area contributed by atoms with Gasteiger partial charge in [-0.1, -0.05) is 0 Å². The molecule has 0 saturated heterocycles. The maximum Gasteiger partial charge on any atom is 0.407 e. The first kappa shape index (κ1) is 32.5. The molecule has 0 aromatic carbocycles. The molecular weight excluding hydrogens is 466 g/mol. The van der Waals surface area contributed by atoms with Crippen LogP contribution in [0.2, 0.25) is 0 Å². The van der Waals surface area contributed by atoms with E-state index < -0.39 is 18.2 Å². The fraction of sp³-hybridized carbons (Fsp3) is 0.818. The average molecular weight is 508 g/mol. The number of unbranched alkanes of at least 4 members (excludes halogenated alkanes) is 2. The Hall–Kier alpha value is -2.48. The van der Waals surface area contributed by atoms with Gasteiger partial charge in [0.15, 0.2) is 0 Å². The zero-order chi connectivity index (χ0) is 26.0. The maximum absolute atomic E-state index is 12.4. The summed E-state index contributed by atoms with van der Waals surface area (Å²) >= 11 is 0. The number of alkyl carbamates (subject to hydrolysis) is 2. The van der Waals surface area contributed by atoms with Crippen molar-refractivity contribution in [1.29, 1.82) is 0 Å². The van der Waals surface area contributed by atoms with Gasteiger partial charge in [0.25, 0.3) is 0 Å². The third-order valence-corrected chi connectivity index (χ3v) is 4.44. The second kappa shape index (κ2) is 24.6. The second-order valence-electron chi connectivity index (χ2n) is 7.15. The van der Waals surface area contributed by atoms with Gasteiger partial charge in [-0.05, 0) is 25.7 Å². The number of aldehydes is 1. The highest BCUT2D eigenvalue weighted by Gasteiger charge is 2.20. The molecule has 3 N–H and O–H groups in total. The molecule has 35 heavy (non-hydrogen) atoms. The summed E-state index contributed by atoms with van der Waals surface area (Å²) in [7, 11) is 2.50. The van der Waals surface area contributed by atoms with Crippen molar-refractivity contribution in [2.45, 2.75) is 38.1 Å². The standard InChI is InChI=1S/C22H41N3O10/c1-30-21(28)24-8-4-3-7-19(25-22(29)31-2)20(27)23-9-12-33-14-16-35-18-17-34-15-13-32-11-6-5-10-26/h10,19H,3-9,11-18H2,1-2H3,(H,23,27)(H,24,28)(H,25,29). The lowest BCUT2D eigenvalue weighted by Crippen LogP contribution is -2.47. The number of methoxy groups -OCH3 is 2. The van der Waals surface area contributed by atoms with Crippen molar-refractivity contribution in [3.63, 3.8) is 0 Å². The first-order chi connectivity index (χ1) is 17.0. The molecule has 0 aromatic heterocycles. The van der Waals surface area contributed by atoms with E-state index in [9.17, 15) is 19.2 Å². The fourth-order valence-corrected chi connectivity index (χ4v) is 2.61. The summed E-state index contributed by atoms with van der Waals surface area (Å²) in [4.78, 5) is 45.1. The van der Waals surface area contributed by atoms with E-state index in [4.69, 9.17) is 18.9 Å². The van der Waals surface area contributed by atoms with Crippen LogP contribution in [0.4, 0.5) is 9.59 Å². The molecule has 0 fully saturated rings. The normalized spacial score (nSPS) is 11.4. The molecule has 204 valence electrons. The zero-order valence-corrected chi connectivity index (χ0v) is 20.8. The molecule has 0 aliphatic carbocycles. The summed E-state index contributed by atoms with van der Waals surface area (Å²) in [6, 6.07) is -0.759. The molecule has 3 amide bonds. The van der Waals surface area contributed by atoms with Gasteiger partial charge in [-0.3, -0.25) is 4.79 Å². The molecule has 13 heteroatoms. The Morgan fingerprint density at radius 3 is 1.83 bits per heavy atom. The number of carbonyl (C=O) groups is 4. The molecule has 0 spiro atoms. The molecule has 13 nitrogen and oxygen atoms in total. The van der Waals surface area contributed by atoms with Crippen LogP contribution >= 0.6 is 0 Å². The van der Waals surface area contributed by atoms with Crippen molar-refractivity contribution >= 4 is 24.4 Å². The number of amides is 3. The molecule has 0 aliphatic heterocycles. The minimum absolute atomic E-state index is 0.276. The van der Waals surface area contributed by atoms with Crippen LogP contribution < -0.4 is 16.0 Å².